The molecule has 0 aromatic carbocycles. The number of aromatic nitrogens is 1. The average molecular weight is 373 g/mol. The normalized spacial score (nSPS) is 23.5. The summed E-state index contributed by atoms with van der Waals surface area (Å²) in [7, 11) is 0. The smallest absolute Gasteiger partial charge is 0.334 e. The molecule has 0 N–H and O–H groups in total. The monoisotopic (exact) mass is 373 g/mol. The van der Waals surface area contributed by atoms with E-state index in [1.807, 2.05) is 32.3 Å². The number of urea groups is 1. The Hall–Kier alpha value is -2.44. The molecule has 1 aromatic rings. The van der Waals surface area contributed by atoms with Crippen LogP contribution in [-0.2, 0) is 16.1 Å². The Labute approximate surface area is 159 Å². The second-order valence-corrected chi connectivity index (χ2v) is 7.63. The van der Waals surface area contributed by atoms with Crippen molar-refractivity contribution in [2.75, 3.05) is 6.54 Å². The molecular weight excluding hydrogens is 346 g/mol. The summed E-state index contributed by atoms with van der Waals surface area (Å²) >= 11 is 0. The van der Waals surface area contributed by atoms with Crippen molar-refractivity contribution in [3.63, 3.8) is 0 Å². The van der Waals surface area contributed by atoms with Crippen LogP contribution in [0.1, 0.15) is 61.3 Å². The molecule has 0 bridgehead atoms. The standard InChI is InChI=1S/C20H27N3O4/c1-5-21-13(3)10-15(14(21)4)17(24)11-22-18(25)19(26)23(20(22)27)16-9-7-6-8-12(16)2/h10,12,16H,5-9,11H2,1-4H3/t12-,16-/m0/s1. The van der Waals surface area contributed by atoms with Crippen LogP contribution in [0.2, 0.25) is 0 Å². The van der Waals surface area contributed by atoms with E-state index in [1.54, 1.807) is 6.07 Å². The number of hydrogen-bond acceptors (Lipinski definition) is 4. The van der Waals surface area contributed by atoms with Gasteiger partial charge in [-0.05, 0) is 45.6 Å². The van der Waals surface area contributed by atoms with Gasteiger partial charge in [0.1, 0.15) is 0 Å². The third-order valence-electron chi connectivity index (χ3n) is 5.97. The van der Waals surface area contributed by atoms with Crippen molar-refractivity contribution < 1.29 is 19.2 Å². The summed E-state index contributed by atoms with van der Waals surface area (Å²) < 4.78 is 2.00. The van der Waals surface area contributed by atoms with Gasteiger partial charge in [-0.2, -0.15) is 0 Å². The molecule has 2 fully saturated rings. The fourth-order valence-corrected chi connectivity index (χ4v) is 4.43. The molecule has 3 rings (SSSR count). The molecule has 1 saturated heterocycles. The zero-order valence-corrected chi connectivity index (χ0v) is 16.4. The third kappa shape index (κ3) is 3.19. The summed E-state index contributed by atoms with van der Waals surface area (Å²) in [5.74, 6) is -1.85. The number of hydrogen-bond donors (Lipinski definition) is 0. The van der Waals surface area contributed by atoms with Gasteiger partial charge in [0.25, 0.3) is 0 Å². The van der Waals surface area contributed by atoms with E-state index in [-0.39, 0.29) is 17.7 Å². The van der Waals surface area contributed by atoms with Crippen LogP contribution in [0.3, 0.4) is 0 Å². The number of rotatable bonds is 5. The van der Waals surface area contributed by atoms with Gasteiger partial charge in [-0.15, -0.1) is 0 Å². The van der Waals surface area contributed by atoms with Crippen molar-refractivity contribution in [3.8, 4) is 0 Å². The van der Waals surface area contributed by atoms with Gasteiger partial charge >= 0.3 is 17.8 Å². The van der Waals surface area contributed by atoms with Crippen LogP contribution in [0, 0.1) is 19.8 Å². The predicted molar refractivity (Wildman–Crippen MR) is 99.3 cm³/mol. The molecule has 1 aromatic heterocycles. The Morgan fingerprint density at radius 1 is 1.11 bits per heavy atom. The van der Waals surface area contributed by atoms with E-state index in [4.69, 9.17) is 0 Å². The van der Waals surface area contributed by atoms with Gasteiger partial charge in [-0.25, -0.2) is 9.69 Å². The topological polar surface area (TPSA) is 79.7 Å². The van der Waals surface area contributed by atoms with E-state index < -0.39 is 24.4 Å². The number of carbonyl (C=O) groups excluding carboxylic acids is 4. The van der Waals surface area contributed by atoms with Crippen LogP contribution in [-0.4, -0.2) is 50.6 Å². The first-order chi connectivity index (χ1) is 12.8. The first-order valence-electron chi connectivity index (χ1n) is 9.66. The second-order valence-electron chi connectivity index (χ2n) is 7.63. The first-order valence-corrected chi connectivity index (χ1v) is 9.66. The molecule has 0 spiro atoms. The molecule has 1 aliphatic heterocycles. The maximum absolute atomic E-state index is 12.8. The summed E-state index contributed by atoms with van der Waals surface area (Å²) in [6, 6.07) is 0.865. The lowest BCUT2D eigenvalue weighted by Crippen LogP contribution is -2.46. The lowest BCUT2D eigenvalue weighted by atomic mass is 9.85. The molecule has 0 unspecified atom stereocenters. The van der Waals surface area contributed by atoms with Gasteiger partial charge in [0, 0.05) is 29.5 Å². The van der Waals surface area contributed by atoms with Crippen LogP contribution >= 0.6 is 0 Å². The van der Waals surface area contributed by atoms with Crippen molar-refractivity contribution in [2.45, 2.75) is 66.0 Å². The summed E-state index contributed by atoms with van der Waals surface area (Å²) in [6.45, 7) is 8.09. The first kappa shape index (κ1) is 19.3. The summed E-state index contributed by atoms with van der Waals surface area (Å²) in [5.41, 5.74) is 2.25. The van der Waals surface area contributed by atoms with Gasteiger partial charge in [-0.3, -0.25) is 19.3 Å². The van der Waals surface area contributed by atoms with E-state index in [1.165, 1.54) is 0 Å². The van der Waals surface area contributed by atoms with Gasteiger partial charge in [0.2, 0.25) is 0 Å². The number of nitrogens with zero attached hydrogens (tertiary/aromatic N) is 3. The minimum Gasteiger partial charge on any atom is -0.349 e. The van der Waals surface area contributed by atoms with Crippen LogP contribution in [0.4, 0.5) is 4.79 Å². The van der Waals surface area contributed by atoms with Gasteiger partial charge in [-0.1, -0.05) is 19.8 Å². The Kier molecular flexibility index (Phi) is 5.22. The van der Waals surface area contributed by atoms with Crippen LogP contribution in [0.15, 0.2) is 6.07 Å². The third-order valence-corrected chi connectivity index (χ3v) is 5.97. The average Bonchev–Trinajstić information content (AvgIpc) is 3.03. The van der Waals surface area contributed by atoms with Crippen LogP contribution < -0.4 is 0 Å². The lowest BCUT2D eigenvalue weighted by Gasteiger charge is -2.34. The molecule has 2 aliphatic rings. The van der Waals surface area contributed by atoms with E-state index in [2.05, 4.69) is 0 Å². The van der Waals surface area contributed by atoms with Gasteiger partial charge in [0.05, 0.1) is 6.54 Å². The van der Waals surface area contributed by atoms with Crippen molar-refractivity contribution in [3.05, 3.63) is 23.0 Å². The molecule has 4 amide bonds. The maximum Gasteiger partial charge on any atom is 0.334 e. The predicted octanol–water partition coefficient (Wildman–Crippen LogP) is 2.68. The molecule has 7 heteroatoms. The van der Waals surface area contributed by atoms with Crippen LogP contribution in [0.5, 0.6) is 0 Å². The Bertz CT molecular complexity index is 810. The highest BCUT2D eigenvalue weighted by Crippen LogP contribution is 2.31. The van der Waals surface area contributed by atoms with Crippen LogP contribution in [0.25, 0.3) is 0 Å². The summed E-state index contributed by atoms with van der Waals surface area (Å²) in [6.07, 6.45) is 3.64. The summed E-state index contributed by atoms with van der Waals surface area (Å²) in [5, 5.41) is 0. The van der Waals surface area contributed by atoms with Crippen molar-refractivity contribution in [1.29, 1.82) is 0 Å². The largest absolute Gasteiger partial charge is 0.349 e. The van der Waals surface area contributed by atoms with Crippen molar-refractivity contribution in [1.82, 2.24) is 14.4 Å². The zero-order chi connectivity index (χ0) is 19.9. The van der Waals surface area contributed by atoms with Crippen molar-refractivity contribution in [2.24, 2.45) is 5.92 Å². The molecule has 1 aliphatic carbocycles. The number of imide groups is 2. The molecule has 7 nitrogen and oxygen atoms in total. The lowest BCUT2D eigenvalue weighted by molar-refractivity contribution is -0.144. The van der Waals surface area contributed by atoms with Gasteiger partial charge < -0.3 is 4.57 Å². The molecule has 1 saturated carbocycles. The fourth-order valence-electron chi connectivity index (χ4n) is 4.43. The molecule has 146 valence electrons. The minimum atomic E-state index is -0.893. The van der Waals surface area contributed by atoms with Crippen molar-refractivity contribution >= 4 is 23.6 Å². The SMILES string of the molecule is CCn1c(C)cc(C(=O)CN2C(=O)C(=O)N([C@H]3CCCC[C@@H]3C)C2=O)c1C. The Morgan fingerprint density at radius 3 is 2.37 bits per heavy atom. The zero-order valence-electron chi connectivity index (χ0n) is 16.4. The van der Waals surface area contributed by atoms with Gasteiger partial charge in [0.15, 0.2) is 5.78 Å². The highest BCUT2D eigenvalue weighted by atomic mass is 16.2. The quantitative estimate of drug-likeness (QED) is 0.451. The van der Waals surface area contributed by atoms with E-state index in [0.29, 0.717) is 12.0 Å². The number of Topliss-reactive ketones (excluding diaryl/α,β-unsaturated/α-hetero) is 1. The molecule has 2 atom stereocenters. The van der Waals surface area contributed by atoms with E-state index in [9.17, 15) is 19.2 Å². The maximum atomic E-state index is 12.8. The van der Waals surface area contributed by atoms with E-state index in [0.717, 1.165) is 47.0 Å². The number of aryl methyl sites for hydroxylation is 1. The number of carbonyl (C=O) groups is 4. The van der Waals surface area contributed by atoms with E-state index >= 15 is 0 Å². The summed E-state index contributed by atoms with van der Waals surface area (Å²) in [4.78, 5) is 52.3. The molecule has 27 heavy (non-hydrogen) atoms. The Morgan fingerprint density at radius 2 is 1.78 bits per heavy atom. The fraction of sp³-hybridized carbons (Fsp3) is 0.600. The Balaban J connectivity index is 1.81. The minimum absolute atomic E-state index is 0.165. The number of amides is 4. The number of ketones is 1. The second kappa shape index (κ2) is 7.29. The highest BCUT2D eigenvalue weighted by molar-refractivity contribution is 6.45. The molecule has 2 heterocycles. The highest BCUT2D eigenvalue weighted by Gasteiger charge is 2.49. The molecule has 0 radical (unpaired) electrons. The molecular formula is C20H27N3O4.